The molecule has 3 rings (SSSR count). The second kappa shape index (κ2) is 8.23. The first-order valence-electron chi connectivity index (χ1n) is 8.87. The van der Waals surface area contributed by atoms with Crippen molar-refractivity contribution in [3.8, 4) is 5.75 Å². The van der Waals surface area contributed by atoms with E-state index in [1.54, 1.807) is 7.11 Å². The number of hydrogen-bond donors (Lipinski definition) is 2. The van der Waals surface area contributed by atoms with Gasteiger partial charge in [-0.15, -0.1) is 0 Å². The first-order chi connectivity index (χ1) is 12.6. The van der Waals surface area contributed by atoms with Gasteiger partial charge in [-0.3, -0.25) is 4.90 Å². The van der Waals surface area contributed by atoms with E-state index < -0.39 is 12.0 Å². The minimum Gasteiger partial charge on any atom is -0.497 e. The highest BCUT2D eigenvalue weighted by Gasteiger charge is 2.34. The lowest BCUT2D eigenvalue weighted by molar-refractivity contribution is -0.136. The van der Waals surface area contributed by atoms with Crippen molar-refractivity contribution in [1.82, 2.24) is 15.5 Å². The summed E-state index contributed by atoms with van der Waals surface area (Å²) in [6.45, 7) is 2.47. The lowest BCUT2D eigenvalue weighted by Crippen LogP contribution is -2.48. The summed E-state index contributed by atoms with van der Waals surface area (Å²) in [4.78, 5) is 27.0. The van der Waals surface area contributed by atoms with Gasteiger partial charge in [0.1, 0.15) is 5.75 Å². The highest BCUT2D eigenvalue weighted by molar-refractivity contribution is 5.95. The first-order valence-corrected chi connectivity index (χ1v) is 8.87. The molecule has 1 unspecified atom stereocenters. The predicted octanol–water partition coefficient (Wildman–Crippen LogP) is 1.96. The zero-order chi connectivity index (χ0) is 18.5. The quantitative estimate of drug-likeness (QED) is 0.786. The molecule has 2 aliphatic rings. The molecule has 0 saturated carbocycles. The van der Waals surface area contributed by atoms with Gasteiger partial charge in [0, 0.05) is 12.2 Å². The number of nitrogens with zero attached hydrogens (tertiary/aromatic N) is 1. The summed E-state index contributed by atoms with van der Waals surface area (Å²) in [5, 5.41) is 5.65. The van der Waals surface area contributed by atoms with Crippen LogP contribution in [0.2, 0.25) is 0 Å². The Morgan fingerprint density at radius 1 is 1.15 bits per heavy atom. The van der Waals surface area contributed by atoms with Gasteiger partial charge < -0.3 is 20.1 Å². The monoisotopic (exact) mass is 359 g/mol. The summed E-state index contributed by atoms with van der Waals surface area (Å²) < 4.78 is 10.2. The van der Waals surface area contributed by atoms with Crippen molar-refractivity contribution in [2.24, 2.45) is 0 Å². The van der Waals surface area contributed by atoms with Gasteiger partial charge in [-0.05, 0) is 43.6 Å². The SMILES string of the molecule is COC(=O)C1=C(CN2CCCCC2)NC(=O)NC1c1ccc(OC)cc1. The fourth-order valence-electron chi connectivity index (χ4n) is 3.48. The van der Waals surface area contributed by atoms with Gasteiger partial charge in [-0.25, -0.2) is 9.59 Å². The number of amides is 2. The van der Waals surface area contributed by atoms with Crippen LogP contribution >= 0.6 is 0 Å². The summed E-state index contributed by atoms with van der Waals surface area (Å²) >= 11 is 0. The van der Waals surface area contributed by atoms with Gasteiger partial charge >= 0.3 is 12.0 Å². The van der Waals surface area contributed by atoms with E-state index in [0.29, 0.717) is 23.6 Å². The minimum absolute atomic E-state index is 0.314. The van der Waals surface area contributed by atoms with Gasteiger partial charge in [0.05, 0.1) is 25.8 Å². The van der Waals surface area contributed by atoms with E-state index in [2.05, 4.69) is 15.5 Å². The predicted molar refractivity (Wildman–Crippen MR) is 96.7 cm³/mol. The second-order valence-electron chi connectivity index (χ2n) is 6.53. The number of nitrogens with one attached hydrogen (secondary N) is 2. The third-order valence-electron chi connectivity index (χ3n) is 4.84. The van der Waals surface area contributed by atoms with E-state index in [1.165, 1.54) is 13.5 Å². The number of methoxy groups -OCH3 is 2. The van der Waals surface area contributed by atoms with Crippen LogP contribution in [0.1, 0.15) is 30.9 Å². The standard InChI is InChI=1S/C19H25N3O4/c1-25-14-8-6-13(7-9-14)17-16(18(23)26-2)15(20-19(24)21-17)12-22-10-4-3-5-11-22/h6-9,17H,3-5,10-12H2,1-2H3,(H2,20,21,24). The van der Waals surface area contributed by atoms with Crippen molar-refractivity contribution in [2.45, 2.75) is 25.3 Å². The highest BCUT2D eigenvalue weighted by atomic mass is 16.5. The number of likely N-dealkylation sites (tertiary alicyclic amines) is 1. The Labute approximate surface area is 153 Å². The summed E-state index contributed by atoms with van der Waals surface area (Å²) in [6.07, 6.45) is 3.49. The summed E-state index contributed by atoms with van der Waals surface area (Å²) in [5.41, 5.74) is 1.86. The third kappa shape index (κ3) is 3.99. The molecule has 0 bridgehead atoms. The van der Waals surface area contributed by atoms with E-state index in [0.717, 1.165) is 31.5 Å². The average Bonchev–Trinajstić information content (AvgIpc) is 2.68. The van der Waals surface area contributed by atoms with Crippen molar-refractivity contribution in [2.75, 3.05) is 33.9 Å². The van der Waals surface area contributed by atoms with Crippen LogP contribution in [0, 0.1) is 0 Å². The zero-order valence-electron chi connectivity index (χ0n) is 15.2. The van der Waals surface area contributed by atoms with Crippen molar-refractivity contribution in [3.05, 3.63) is 41.1 Å². The van der Waals surface area contributed by atoms with Gasteiger partial charge in [-0.1, -0.05) is 18.6 Å². The van der Waals surface area contributed by atoms with Crippen molar-refractivity contribution >= 4 is 12.0 Å². The highest BCUT2D eigenvalue weighted by Crippen LogP contribution is 2.29. The van der Waals surface area contributed by atoms with Crippen LogP contribution in [0.15, 0.2) is 35.5 Å². The molecule has 7 heteroatoms. The van der Waals surface area contributed by atoms with Gasteiger partial charge in [-0.2, -0.15) is 0 Å². The Bertz CT molecular complexity index is 693. The molecule has 1 aromatic rings. The maximum atomic E-state index is 12.5. The lowest BCUT2D eigenvalue weighted by atomic mass is 9.94. The normalized spacial score (nSPS) is 21.0. The number of urea groups is 1. The number of hydrogen-bond acceptors (Lipinski definition) is 5. The number of piperidine rings is 1. The van der Waals surface area contributed by atoms with Crippen molar-refractivity contribution in [1.29, 1.82) is 0 Å². The molecule has 1 fully saturated rings. The van der Waals surface area contributed by atoms with Crippen LogP contribution < -0.4 is 15.4 Å². The molecule has 26 heavy (non-hydrogen) atoms. The van der Waals surface area contributed by atoms with E-state index >= 15 is 0 Å². The molecule has 1 saturated heterocycles. The molecule has 0 aliphatic carbocycles. The largest absolute Gasteiger partial charge is 0.497 e. The number of esters is 1. The van der Waals surface area contributed by atoms with Crippen molar-refractivity contribution < 1.29 is 19.1 Å². The van der Waals surface area contributed by atoms with Crippen LogP contribution in [-0.4, -0.2) is 50.8 Å². The molecule has 140 valence electrons. The van der Waals surface area contributed by atoms with E-state index in [1.807, 2.05) is 24.3 Å². The maximum absolute atomic E-state index is 12.5. The molecule has 0 aromatic heterocycles. The number of carbonyl (C=O) groups excluding carboxylic acids is 2. The smallest absolute Gasteiger partial charge is 0.338 e. The molecule has 1 aromatic carbocycles. The number of carbonyl (C=O) groups is 2. The molecule has 2 aliphatic heterocycles. The van der Waals surface area contributed by atoms with Gasteiger partial charge in [0.2, 0.25) is 0 Å². The number of ether oxygens (including phenoxy) is 2. The molecular weight excluding hydrogens is 334 g/mol. The lowest BCUT2D eigenvalue weighted by Gasteiger charge is -2.33. The number of rotatable bonds is 5. The van der Waals surface area contributed by atoms with E-state index in [4.69, 9.17) is 9.47 Å². The average molecular weight is 359 g/mol. The Balaban J connectivity index is 1.95. The molecule has 2 N–H and O–H groups in total. The summed E-state index contributed by atoms with van der Waals surface area (Å²) in [5.74, 6) is 0.275. The fourth-order valence-corrected chi connectivity index (χ4v) is 3.48. The minimum atomic E-state index is -0.554. The first kappa shape index (κ1) is 18.3. The molecular formula is C19H25N3O4. The Morgan fingerprint density at radius 3 is 2.46 bits per heavy atom. The maximum Gasteiger partial charge on any atom is 0.338 e. The Morgan fingerprint density at radius 2 is 1.85 bits per heavy atom. The van der Waals surface area contributed by atoms with Crippen LogP contribution in [0.3, 0.4) is 0 Å². The fraction of sp³-hybridized carbons (Fsp3) is 0.474. The molecule has 1 atom stereocenters. The Kier molecular flexibility index (Phi) is 5.78. The topological polar surface area (TPSA) is 79.9 Å². The second-order valence-corrected chi connectivity index (χ2v) is 6.53. The molecule has 0 radical (unpaired) electrons. The van der Waals surface area contributed by atoms with Crippen LogP contribution in [0.5, 0.6) is 5.75 Å². The van der Waals surface area contributed by atoms with Gasteiger partial charge in [0.15, 0.2) is 0 Å². The van der Waals surface area contributed by atoms with Crippen LogP contribution in [-0.2, 0) is 9.53 Å². The van der Waals surface area contributed by atoms with Crippen molar-refractivity contribution in [3.63, 3.8) is 0 Å². The van der Waals surface area contributed by atoms with Gasteiger partial charge in [0.25, 0.3) is 0 Å². The molecule has 2 amide bonds. The third-order valence-corrected chi connectivity index (χ3v) is 4.84. The van der Waals surface area contributed by atoms with E-state index in [-0.39, 0.29) is 6.03 Å². The zero-order valence-corrected chi connectivity index (χ0v) is 15.2. The summed E-state index contributed by atoms with van der Waals surface area (Å²) in [7, 11) is 2.95. The van der Waals surface area contributed by atoms with Crippen LogP contribution in [0.25, 0.3) is 0 Å². The van der Waals surface area contributed by atoms with Crippen LogP contribution in [0.4, 0.5) is 4.79 Å². The number of benzene rings is 1. The molecule has 2 heterocycles. The van der Waals surface area contributed by atoms with E-state index in [9.17, 15) is 9.59 Å². The summed E-state index contributed by atoms with van der Waals surface area (Å²) in [6, 6.07) is 6.44. The molecule has 7 nitrogen and oxygen atoms in total. The molecule has 0 spiro atoms. The Hall–Kier alpha value is -2.54.